The standard InChI is InChI=1S/C13H10F3NO3/c14-13(15,16)20-12-4-2-1-3-11(12)19-10-5-6-17-9(7-10)8-18/h1-7,18H,8H2. The third kappa shape index (κ3) is 3.86. The van der Waals surface area contributed by atoms with Crippen molar-refractivity contribution < 1.29 is 27.8 Å². The van der Waals surface area contributed by atoms with Crippen LogP contribution in [0.15, 0.2) is 42.6 Å². The number of hydrogen-bond acceptors (Lipinski definition) is 4. The molecule has 2 rings (SSSR count). The summed E-state index contributed by atoms with van der Waals surface area (Å²) in [5.41, 5.74) is 0.344. The van der Waals surface area contributed by atoms with Crippen molar-refractivity contribution in [3.8, 4) is 17.2 Å². The van der Waals surface area contributed by atoms with Crippen LogP contribution in [-0.2, 0) is 6.61 Å². The molecule has 1 aromatic heterocycles. The predicted molar refractivity (Wildman–Crippen MR) is 63.4 cm³/mol. The van der Waals surface area contributed by atoms with Gasteiger partial charge in [0.05, 0.1) is 12.3 Å². The maximum Gasteiger partial charge on any atom is 0.573 e. The molecule has 0 spiro atoms. The van der Waals surface area contributed by atoms with Crippen LogP contribution in [0.5, 0.6) is 17.2 Å². The highest BCUT2D eigenvalue weighted by atomic mass is 19.4. The molecule has 0 bridgehead atoms. The van der Waals surface area contributed by atoms with E-state index in [2.05, 4.69) is 9.72 Å². The fraction of sp³-hybridized carbons (Fsp3) is 0.154. The lowest BCUT2D eigenvalue weighted by Gasteiger charge is -2.13. The molecule has 20 heavy (non-hydrogen) atoms. The summed E-state index contributed by atoms with van der Waals surface area (Å²) < 4.78 is 46.0. The lowest BCUT2D eigenvalue weighted by molar-refractivity contribution is -0.275. The Balaban J connectivity index is 2.24. The quantitative estimate of drug-likeness (QED) is 0.936. The van der Waals surface area contributed by atoms with Gasteiger partial charge in [0, 0.05) is 12.3 Å². The maximum absolute atomic E-state index is 12.3. The van der Waals surface area contributed by atoms with Crippen molar-refractivity contribution in [2.24, 2.45) is 0 Å². The van der Waals surface area contributed by atoms with Crippen molar-refractivity contribution in [3.63, 3.8) is 0 Å². The van der Waals surface area contributed by atoms with E-state index in [1.807, 2.05) is 0 Å². The minimum Gasteiger partial charge on any atom is -0.453 e. The van der Waals surface area contributed by atoms with Gasteiger partial charge < -0.3 is 14.6 Å². The zero-order valence-electron chi connectivity index (χ0n) is 10.1. The molecule has 1 N–H and O–H groups in total. The largest absolute Gasteiger partial charge is 0.573 e. The van der Waals surface area contributed by atoms with Crippen LogP contribution in [0, 0.1) is 0 Å². The molecule has 0 fully saturated rings. The molecule has 0 aliphatic heterocycles. The van der Waals surface area contributed by atoms with Crippen LogP contribution < -0.4 is 9.47 Å². The van der Waals surface area contributed by atoms with Gasteiger partial charge in [0.2, 0.25) is 0 Å². The molecule has 2 aromatic rings. The van der Waals surface area contributed by atoms with Gasteiger partial charge in [-0.1, -0.05) is 12.1 Å². The van der Waals surface area contributed by atoms with Gasteiger partial charge in [0.25, 0.3) is 0 Å². The molecule has 0 amide bonds. The molecule has 0 aliphatic rings. The summed E-state index contributed by atoms with van der Waals surface area (Å²) in [5, 5.41) is 8.94. The summed E-state index contributed by atoms with van der Waals surface area (Å²) >= 11 is 0. The Morgan fingerprint density at radius 3 is 2.45 bits per heavy atom. The first kappa shape index (κ1) is 14.1. The number of hydrogen-bond donors (Lipinski definition) is 1. The zero-order chi connectivity index (χ0) is 14.6. The summed E-state index contributed by atoms with van der Waals surface area (Å²) in [6.45, 7) is -0.294. The second-order valence-corrected chi connectivity index (χ2v) is 3.74. The number of nitrogens with zero attached hydrogens (tertiary/aromatic N) is 1. The smallest absolute Gasteiger partial charge is 0.453 e. The number of para-hydroxylation sites is 2. The summed E-state index contributed by atoms with van der Waals surface area (Å²) in [6, 6.07) is 8.30. The Morgan fingerprint density at radius 2 is 1.80 bits per heavy atom. The number of halogens is 3. The molecule has 106 valence electrons. The van der Waals surface area contributed by atoms with Crippen molar-refractivity contribution in [2.75, 3.05) is 0 Å². The predicted octanol–water partition coefficient (Wildman–Crippen LogP) is 3.26. The Hall–Kier alpha value is -2.28. The van der Waals surface area contributed by atoms with Gasteiger partial charge in [-0.2, -0.15) is 0 Å². The number of aromatic nitrogens is 1. The van der Waals surface area contributed by atoms with Crippen LogP contribution in [0.1, 0.15) is 5.69 Å². The van der Waals surface area contributed by atoms with Gasteiger partial charge in [0.15, 0.2) is 11.5 Å². The molecular weight excluding hydrogens is 275 g/mol. The van der Waals surface area contributed by atoms with E-state index in [9.17, 15) is 13.2 Å². The van der Waals surface area contributed by atoms with Crippen molar-refractivity contribution in [1.82, 2.24) is 4.98 Å². The topological polar surface area (TPSA) is 51.6 Å². The fourth-order valence-electron chi connectivity index (χ4n) is 1.48. The van der Waals surface area contributed by atoms with Gasteiger partial charge in [-0.15, -0.1) is 13.2 Å². The molecule has 0 aliphatic carbocycles. The van der Waals surface area contributed by atoms with E-state index >= 15 is 0 Å². The van der Waals surface area contributed by atoms with Gasteiger partial charge >= 0.3 is 6.36 Å². The molecule has 0 radical (unpaired) electrons. The molecule has 1 heterocycles. The number of pyridine rings is 1. The number of rotatable bonds is 4. The van der Waals surface area contributed by atoms with Crippen molar-refractivity contribution in [3.05, 3.63) is 48.3 Å². The first-order valence-electron chi connectivity index (χ1n) is 5.56. The second kappa shape index (κ2) is 5.79. The van der Waals surface area contributed by atoms with Crippen LogP contribution in [0.25, 0.3) is 0 Å². The van der Waals surface area contributed by atoms with Crippen molar-refractivity contribution in [2.45, 2.75) is 13.0 Å². The van der Waals surface area contributed by atoms with Crippen LogP contribution in [0.3, 0.4) is 0 Å². The van der Waals surface area contributed by atoms with E-state index in [0.29, 0.717) is 5.69 Å². The van der Waals surface area contributed by atoms with Crippen LogP contribution in [0.2, 0.25) is 0 Å². The normalized spacial score (nSPS) is 11.2. The summed E-state index contributed by atoms with van der Waals surface area (Å²) in [6.07, 6.45) is -3.41. The van der Waals surface area contributed by atoms with Gasteiger partial charge in [-0.3, -0.25) is 4.98 Å². The Bertz CT molecular complexity index is 587. The zero-order valence-corrected chi connectivity index (χ0v) is 10.1. The van der Waals surface area contributed by atoms with Gasteiger partial charge in [-0.05, 0) is 18.2 Å². The molecule has 0 atom stereocenters. The van der Waals surface area contributed by atoms with E-state index in [0.717, 1.165) is 6.07 Å². The minimum absolute atomic E-state index is 0.0834. The van der Waals surface area contributed by atoms with E-state index in [1.54, 1.807) is 0 Å². The lowest BCUT2D eigenvalue weighted by Crippen LogP contribution is -2.17. The van der Waals surface area contributed by atoms with E-state index < -0.39 is 12.1 Å². The highest BCUT2D eigenvalue weighted by Gasteiger charge is 2.32. The number of aliphatic hydroxyl groups excluding tert-OH is 1. The molecule has 4 nitrogen and oxygen atoms in total. The van der Waals surface area contributed by atoms with E-state index in [1.165, 1.54) is 36.5 Å². The fourth-order valence-corrected chi connectivity index (χ4v) is 1.48. The molecule has 0 saturated heterocycles. The first-order chi connectivity index (χ1) is 9.48. The Labute approximate surface area is 112 Å². The molecule has 0 saturated carbocycles. The molecule has 1 aromatic carbocycles. The minimum atomic E-state index is -4.80. The van der Waals surface area contributed by atoms with Crippen LogP contribution in [0.4, 0.5) is 13.2 Å². The highest BCUT2D eigenvalue weighted by Crippen LogP contribution is 2.34. The van der Waals surface area contributed by atoms with E-state index in [4.69, 9.17) is 9.84 Å². The lowest BCUT2D eigenvalue weighted by atomic mass is 10.3. The molecule has 7 heteroatoms. The average molecular weight is 285 g/mol. The maximum atomic E-state index is 12.3. The van der Waals surface area contributed by atoms with Crippen molar-refractivity contribution >= 4 is 0 Å². The molecular formula is C13H10F3NO3. The third-order valence-electron chi connectivity index (χ3n) is 2.25. The summed E-state index contributed by atoms with van der Waals surface area (Å²) in [7, 11) is 0. The second-order valence-electron chi connectivity index (χ2n) is 3.74. The highest BCUT2D eigenvalue weighted by molar-refractivity contribution is 5.42. The monoisotopic (exact) mass is 285 g/mol. The Morgan fingerprint density at radius 1 is 1.10 bits per heavy atom. The van der Waals surface area contributed by atoms with E-state index in [-0.39, 0.29) is 18.1 Å². The number of benzene rings is 1. The van der Waals surface area contributed by atoms with Crippen LogP contribution in [-0.4, -0.2) is 16.5 Å². The Kier molecular flexibility index (Phi) is 4.09. The van der Waals surface area contributed by atoms with Crippen molar-refractivity contribution in [1.29, 1.82) is 0 Å². The summed E-state index contributed by atoms with van der Waals surface area (Å²) in [5.74, 6) is -0.274. The molecule has 0 unspecified atom stereocenters. The average Bonchev–Trinajstić information content (AvgIpc) is 2.40. The SMILES string of the molecule is OCc1cc(Oc2ccccc2OC(F)(F)F)ccn1. The number of alkyl halides is 3. The first-order valence-corrected chi connectivity index (χ1v) is 5.56. The number of ether oxygens (including phenoxy) is 2. The van der Waals surface area contributed by atoms with Gasteiger partial charge in [-0.25, -0.2) is 0 Å². The number of aliphatic hydroxyl groups is 1. The third-order valence-corrected chi connectivity index (χ3v) is 2.25. The van der Waals surface area contributed by atoms with Gasteiger partial charge in [0.1, 0.15) is 5.75 Å². The van der Waals surface area contributed by atoms with Crippen LogP contribution >= 0.6 is 0 Å². The summed E-state index contributed by atoms with van der Waals surface area (Å²) in [4.78, 5) is 3.84.